The highest BCUT2D eigenvalue weighted by Gasteiger charge is 2.31. The van der Waals surface area contributed by atoms with E-state index in [1.54, 1.807) is 6.20 Å². The second-order valence-corrected chi connectivity index (χ2v) is 6.14. The van der Waals surface area contributed by atoms with Gasteiger partial charge in [-0.2, -0.15) is 0 Å². The predicted molar refractivity (Wildman–Crippen MR) is 85.8 cm³/mol. The molecule has 116 valence electrons. The number of halogens is 1. The Morgan fingerprint density at radius 2 is 2.27 bits per heavy atom. The van der Waals surface area contributed by atoms with Crippen molar-refractivity contribution >= 4 is 17.6 Å². The first-order valence-corrected chi connectivity index (χ1v) is 7.75. The summed E-state index contributed by atoms with van der Waals surface area (Å²) in [6.07, 6.45) is 5.49. The van der Waals surface area contributed by atoms with Gasteiger partial charge in [0.25, 0.3) is 0 Å². The Kier molecular flexibility index (Phi) is 4.34. The van der Waals surface area contributed by atoms with Gasteiger partial charge in [0, 0.05) is 30.5 Å². The van der Waals surface area contributed by atoms with Crippen LogP contribution < -0.4 is 10.6 Å². The predicted octanol–water partition coefficient (Wildman–Crippen LogP) is 2.82. The molecule has 0 radical (unpaired) electrons. The molecule has 1 aromatic carbocycles. The number of nitrogens with one attached hydrogen (secondary N) is 2. The van der Waals surface area contributed by atoms with Gasteiger partial charge in [-0.15, -0.1) is 0 Å². The summed E-state index contributed by atoms with van der Waals surface area (Å²) in [5.74, 6) is 1.32. The second kappa shape index (κ2) is 6.40. The smallest absolute Gasteiger partial charge is 0.315 e. The minimum atomic E-state index is -0.141. The Hall–Kier alpha value is -2.01. The van der Waals surface area contributed by atoms with Crippen molar-refractivity contribution in [2.24, 2.45) is 7.05 Å². The van der Waals surface area contributed by atoms with Gasteiger partial charge in [-0.25, -0.2) is 9.78 Å². The largest absolute Gasteiger partial charge is 0.337 e. The molecule has 1 aromatic heterocycles. The van der Waals surface area contributed by atoms with Gasteiger partial charge < -0.3 is 15.2 Å². The molecule has 5 nitrogen and oxygen atoms in total. The fraction of sp³-hybridized carbons (Fsp3) is 0.375. The Balaban J connectivity index is 1.42. The number of urea groups is 1. The quantitative estimate of drug-likeness (QED) is 0.910. The summed E-state index contributed by atoms with van der Waals surface area (Å²) in [5.41, 5.74) is 1.25. The van der Waals surface area contributed by atoms with Gasteiger partial charge in [0.1, 0.15) is 5.82 Å². The van der Waals surface area contributed by atoms with Crippen LogP contribution in [0.4, 0.5) is 4.79 Å². The number of rotatable bonds is 4. The van der Waals surface area contributed by atoms with Crippen LogP contribution in [0.15, 0.2) is 36.7 Å². The highest BCUT2D eigenvalue weighted by Crippen LogP contribution is 2.37. The van der Waals surface area contributed by atoms with Gasteiger partial charge in [-0.05, 0) is 36.5 Å². The van der Waals surface area contributed by atoms with E-state index in [1.807, 2.05) is 36.0 Å². The number of nitrogens with zero attached hydrogens (tertiary/aromatic N) is 2. The summed E-state index contributed by atoms with van der Waals surface area (Å²) >= 11 is 6.01. The maximum atomic E-state index is 11.9. The fourth-order valence-corrected chi connectivity index (χ4v) is 2.93. The summed E-state index contributed by atoms with van der Waals surface area (Å²) in [6, 6.07) is 8.03. The lowest BCUT2D eigenvalue weighted by atomic mass is 9.76. The molecule has 0 saturated heterocycles. The summed E-state index contributed by atoms with van der Waals surface area (Å²) in [7, 11) is 1.91. The van der Waals surface area contributed by atoms with E-state index in [0.29, 0.717) is 12.5 Å². The van der Waals surface area contributed by atoms with Crippen molar-refractivity contribution in [3.05, 3.63) is 53.1 Å². The lowest BCUT2D eigenvalue weighted by Gasteiger charge is -2.36. The van der Waals surface area contributed by atoms with E-state index < -0.39 is 0 Å². The number of benzene rings is 1. The molecule has 3 rings (SSSR count). The van der Waals surface area contributed by atoms with E-state index in [1.165, 1.54) is 5.56 Å². The van der Waals surface area contributed by atoms with Crippen molar-refractivity contribution < 1.29 is 4.79 Å². The van der Waals surface area contributed by atoms with Crippen molar-refractivity contribution in [2.45, 2.75) is 31.3 Å². The first-order chi connectivity index (χ1) is 10.6. The monoisotopic (exact) mass is 318 g/mol. The van der Waals surface area contributed by atoms with Crippen LogP contribution >= 0.6 is 11.6 Å². The SMILES string of the molecule is Cn1ccnc1CNC(=O)NC1CC(c2cccc(Cl)c2)C1. The maximum absolute atomic E-state index is 11.9. The number of hydrogen-bond donors (Lipinski definition) is 2. The molecule has 2 N–H and O–H groups in total. The first-order valence-electron chi connectivity index (χ1n) is 7.38. The molecule has 2 aromatic rings. The fourth-order valence-electron chi connectivity index (χ4n) is 2.73. The molecular weight excluding hydrogens is 300 g/mol. The zero-order chi connectivity index (χ0) is 15.5. The van der Waals surface area contributed by atoms with Crippen molar-refractivity contribution in [3.63, 3.8) is 0 Å². The summed E-state index contributed by atoms with van der Waals surface area (Å²) in [5, 5.41) is 6.59. The topological polar surface area (TPSA) is 59.0 Å². The molecule has 0 unspecified atom stereocenters. The van der Waals surface area contributed by atoms with E-state index in [4.69, 9.17) is 11.6 Å². The zero-order valence-corrected chi connectivity index (χ0v) is 13.2. The highest BCUT2D eigenvalue weighted by atomic mass is 35.5. The number of hydrogen-bond acceptors (Lipinski definition) is 2. The van der Waals surface area contributed by atoms with Crippen LogP contribution in [0, 0.1) is 0 Å². The maximum Gasteiger partial charge on any atom is 0.315 e. The van der Waals surface area contributed by atoms with Crippen LogP contribution in [0.3, 0.4) is 0 Å². The minimum Gasteiger partial charge on any atom is -0.337 e. The Labute approximate surface area is 134 Å². The summed E-state index contributed by atoms with van der Waals surface area (Å²) in [4.78, 5) is 16.0. The third-order valence-electron chi connectivity index (χ3n) is 4.12. The van der Waals surface area contributed by atoms with Crippen LogP contribution in [-0.4, -0.2) is 21.6 Å². The van der Waals surface area contributed by atoms with Crippen LogP contribution in [0.25, 0.3) is 0 Å². The van der Waals surface area contributed by atoms with Crippen LogP contribution in [0.5, 0.6) is 0 Å². The van der Waals surface area contributed by atoms with Gasteiger partial charge in [-0.1, -0.05) is 23.7 Å². The molecule has 22 heavy (non-hydrogen) atoms. The molecular formula is C16H19ClN4O. The van der Waals surface area contributed by atoms with Crippen molar-refractivity contribution in [3.8, 4) is 0 Å². The lowest BCUT2D eigenvalue weighted by molar-refractivity contribution is 0.222. The average molecular weight is 319 g/mol. The Morgan fingerprint density at radius 1 is 1.45 bits per heavy atom. The van der Waals surface area contributed by atoms with Crippen LogP contribution in [-0.2, 0) is 13.6 Å². The number of amides is 2. The second-order valence-electron chi connectivity index (χ2n) is 5.70. The normalized spacial score (nSPS) is 20.3. The molecule has 0 spiro atoms. The van der Waals surface area contributed by atoms with Crippen molar-refractivity contribution in [2.75, 3.05) is 0 Å². The molecule has 1 heterocycles. The lowest BCUT2D eigenvalue weighted by Crippen LogP contribution is -2.47. The third-order valence-corrected chi connectivity index (χ3v) is 4.36. The van der Waals surface area contributed by atoms with E-state index in [9.17, 15) is 4.79 Å². The molecule has 1 aliphatic carbocycles. The summed E-state index contributed by atoms with van der Waals surface area (Å²) < 4.78 is 1.89. The average Bonchev–Trinajstić information content (AvgIpc) is 2.85. The number of imidazole rings is 1. The molecule has 2 amide bonds. The van der Waals surface area contributed by atoms with Crippen molar-refractivity contribution in [1.29, 1.82) is 0 Å². The van der Waals surface area contributed by atoms with Crippen LogP contribution in [0.1, 0.15) is 30.1 Å². The van der Waals surface area contributed by atoms with Gasteiger partial charge in [0.05, 0.1) is 6.54 Å². The first kappa shape index (κ1) is 14.9. The van der Waals surface area contributed by atoms with E-state index in [0.717, 1.165) is 23.7 Å². The Bertz CT molecular complexity index is 664. The third kappa shape index (κ3) is 3.42. The number of carbonyl (C=O) groups is 1. The zero-order valence-electron chi connectivity index (χ0n) is 12.4. The van der Waals surface area contributed by atoms with Crippen molar-refractivity contribution in [1.82, 2.24) is 20.2 Å². The standard InChI is InChI=1S/C16H19ClN4O/c1-21-6-5-18-15(21)10-19-16(22)20-14-8-12(9-14)11-3-2-4-13(17)7-11/h2-7,12,14H,8-10H2,1H3,(H2,19,20,22). The molecule has 6 heteroatoms. The van der Waals surface area contributed by atoms with Gasteiger partial charge >= 0.3 is 6.03 Å². The molecule has 0 atom stereocenters. The Morgan fingerprint density at radius 3 is 2.95 bits per heavy atom. The minimum absolute atomic E-state index is 0.141. The molecule has 1 fully saturated rings. The molecule has 1 saturated carbocycles. The summed E-state index contributed by atoms with van der Waals surface area (Å²) in [6.45, 7) is 0.430. The number of aryl methyl sites for hydroxylation is 1. The van der Waals surface area contributed by atoms with Crippen LogP contribution in [0.2, 0.25) is 5.02 Å². The number of carbonyl (C=O) groups excluding carboxylic acids is 1. The highest BCUT2D eigenvalue weighted by molar-refractivity contribution is 6.30. The molecule has 0 bridgehead atoms. The van der Waals surface area contributed by atoms with E-state index in [2.05, 4.69) is 21.7 Å². The number of aromatic nitrogens is 2. The van der Waals surface area contributed by atoms with E-state index in [-0.39, 0.29) is 12.1 Å². The van der Waals surface area contributed by atoms with Gasteiger partial charge in [0.2, 0.25) is 0 Å². The van der Waals surface area contributed by atoms with E-state index >= 15 is 0 Å². The van der Waals surface area contributed by atoms with Gasteiger partial charge in [-0.3, -0.25) is 0 Å². The molecule has 1 aliphatic rings. The molecule has 0 aliphatic heterocycles. The van der Waals surface area contributed by atoms with Gasteiger partial charge in [0.15, 0.2) is 0 Å².